The zero-order valence-corrected chi connectivity index (χ0v) is 9.67. The highest BCUT2D eigenvalue weighted by Crippen LogP contribution is 2.30. The molecule has 1 aliphatic rings. The van der Waals surface area contributed by atoms with Crippen molar-refractivity contribution in [3.05, 3.63) is 29.8 Å². The van der Waals surface area contributed by atoms with Crippen LogP contribution in [0.3, 0.4) is 0 Å². The summed E-state index contributed by atoms with van der Waals surface area (Å²) < 4.78 is 0. The number of nitrogens with zero attached hydrogens (tertiary/aromatic N) is 1. The van der Waals surface area contributed by atoms with Gasteiger partial charge in [-0.05, 0) is 36.5 Å². The van der Waals surface area contributed by atoms with Gasteiger partial charge < -0.3 is 10.2 Å². The maximum Gasteiger partial charge on any atom is 0.317 e. The standard InChI is InChI=1S/C13H17NO3/c15-12-3-1-2-11(6-12)8-14(9-13(16)17)7-10-4-5-10/h1-3,6,10,15H,4-5,7-9H2,(H,16,17). The Labute approximate surface area is 100 Å². The number of benzene rings is 1. The maximum absolute atomic E-state index is 10.8. The molecule has 1 aromatic rings. The van der Waals surface area contributed by atoms with Crippen LogP contribution in [0.1, 0.15) is 18.4 Å². The lowest BCUT2D eigenvalue weighted by Crippen LogP contribution is -2.31. The summed E-state index contributed by atoms with van der Waals surface area (Å²) in [6.07, 6.45) is 2.41. The molecule has 4 heteroatoms. The minimum absolute atomic E-state index is 0.0617. The van der Waals surface area contributed by atoms with Crippen LogP contribution in [0.15, 0.2) is 24.3 Å². The molecule has 0 radical (unpaired) electrons. The van der Waals surface area contributed by atoms with Crippen LogP contribution in [0, 0.1) is 5.92 Å². The van der Waals surface area contributed by atoms with Crippen molar-refractivity contribution in [2.45, 2.75) is 19.4 Å². The van der Waals surface area contributed by atoms with Crippen molar-refractivity contribution in [1.82, 2.24) is 4.90 Å². The average molecular weight is 235 g/mol. The quantitative estimate of drug-likeness (QED) is 0.787. The van der Waals surface area contributed by atoms with Gasteiger partial charge in [0.15, 0.2) is 0 Å². The Bertz CT molecular complexity index is 401. The molecule has 0 spiro atoms. The topological polar surface area (TPSA) is 60.8 Å². The number of aliphatic carboxylic acids is 1. The third-order valence-electron chi connectivity index (χ3n) is 2.89. The molecule has 0 atom stereocenters. The average Bonchev–Trinajstić information content (AvgIpc) is 3.00. The molecule has 0 saturated heterocycles. The number of phenols is 1. The second-order valence-electron chi connectivity index (χ2n) is 4.68. The van der Waals surface area contributed by atoms with Gasteiger partial charge >= 0.3 is 5.97 Å². The fraction of sp³-hybridized carbons (Fsp3) is 0.462. The summed E-state index contributed by atoms with van der Waals surface area (Å²) in [5.41, 5.74) is 0.951. The van der Waals surface area contributed by atoms with Gasteiger partial charge in [0, 0.05) is 13.1 Å². The van der Waals surface area contributed by atoms with E-state index in [0.29, 0.717) is 12.5 Å². The van der Waals surface area contributed by atoms with E-state index < -0.39 is 5.97 Å². The van der Waals surface area contributed by atoms with Crippen LogP contribution in [0.25, 0.3) is 0 Å². The lowest BCUT2D eigenvalue weighted by atomic mass is 10.2. The first-order valence-corrected chi connectivity index (χ1v) is 5.85. The molecule has 0 amide bonds. The van der Waals surface area contributed by atoms with E-state index in [-0.39, 0.29) is 12.3 Å². The number of carbonyl (C=O) groups is 1. The normalized spacial score (nSPS) is 15.1. The van der Waals surface area contributed by atoms with E-state index in [0.717, 1.165) is 12.1 Å². The van der Waals surface area contributed by atoms with Crippen LogP contribution in [-0.2, 0) is 11.3 Å². The predicted molar refractivity (Wildman–Crippen MR) is 63.7 cm³/mol. The first-order chi connectivity index (χ1) is 8.13. The number of hydrogen-bond acceptors (Lipinski definition) is 3. The van der Waals surface area contributed by atoms with Crippen molar-refractivity contribution in [3.8, 4) is 5.75 Å². The third kappa shape index (κ3) is 4.07. The summed E-state index contributed by atoms with van der Waals surface area (Å²) in [6.45, 7) is 1.48. The number of rotatable bonds is 6. The van der Waals surface area contributed by atoms with Crippen LogP contribution in [0.2, 0.25) is 0 Å². The Kier molecular flexibility index (Phi) is 3.64. The monoisotopic (exact) mass is 235 g/mol. The third-order valence-corrected chi connectivity index (χ3v) is 2.89. The number of carboxylic acid groups (broad SMARTS) is 1. The summed E-state index contributed by atoms with van der Waals surface area (Å²) in [5.74, 6) is 0.0849. The Morgan fingerprint density at radius 1 is 1.41 bits per heavy atom. The van der Waals surface area contributed by atoms with Crippen LogP contribution in [0.4, 0.5) is 0 Å². The second-order valence-corrected chi connectivity index (χ2v) is 4.68. The molecule has 1 saturated carbocycles. The zero-order valence-electron chi connectivity index (χ0n) is 9.67. The largest absolute Gasteiger partial charge is 0.508 e. The van der Waals surface area contributed by atoms with E-state index in [1.807, 2.05) is 11.0 Å². The van der Waals surface area contributed by atoms with Crippen LogP contribution >= 0.6 is 0 Å². The highest BCUT2D eigenvalue weighted by Gasteiger charge is 2.25. The summed E-state index contributed by atoms with van der Waals surface area (Å²) in [5, 5.41) is 18.2. The molecule has 17 heavy (non-hydrogen) atoms. The molecule has 0 unspecified atom stereocenters. The van der Waals surface area contributed by atoms with Gasteiger partial charge in [-0.2, -0.15) is 0 Å². The van der Waals surface area contributed by atoms with Gasteiger partial charge in [0.1, 0.15) is 5.75 Å². The Morgan fingerprint density at radius 2 is 2.18 bits per heavy atom. The van der Waals surface area contributed by atoms with Gasteiger partial charge in [-0.25, -0.2) is 0 Å². The lowest BCUT2D eigenvalue weighted by Gasteiger charge is -2.20. The van der Waals surface area contributed by atoms with Gasteiger partial charge in [0.05, 0.1) is 6.54 Å². The molecule has 0 heterocycles. The summed E-state index contributed by atoms with van der Waals surface area (Å²) in [7, 11) is 0. The van der Waals surface area contributed by atoms with E-state index in [4.69, 9.17) is 5.11 Å². The molecule has 1 aromatic carbocycles. The van der Waals surface area contributed by atoms with Gasteiger partial charge in [0.2, 0.25) is 0 Å². The highest BCUT2D eigenvalue weighted by molar-refractivity contribution is 5.69. The van der Waals surface area contributed by atoms with Crippen LogP contribution in [0.5, 0.6) is 5.75 Å². The van der Waals surface area contributed by atoms with Gasteiger partial charge in [-0.15, -0.1) is 0 Å². The van der Waals surface area contributed by atoms with Crippen molar-refractivity contribution in [3.63, 3.8) is 0 Å². The maximum atomic E-state index is 10.8. The predicted octanol–water partition coefficient (Wildman–Crippen LogP) is 1.69. The summed E-state index contributed by atoms with van der Waals surface area (Å²) in [6, 6.07) is 6.98. The van der Waals surface area contributed by atoms with Crippen molar-refractivity contribution >= 4 is 5.97 Å². The molecule has 92 valence electrons. The number of hydrogen-bond donors (Lipinski definition) is 2. The fourth-order valence-electron chi connectivity index (χ4n) is 1.95. The number of phenolic OH excluding ortho intramolecular Hbond substituents is 1. The zero-order chi connectivity index (χ0) is 12.3. The van der Waals surface area contributed by atoms with Crippen molar-refractivity contribution in [2.24, 2.45) is 5.92 Å². The van der Waals surface area contributed by atoms with Crippen LogP contribution in [-0.4, -0.2) is 34.2 Å². The fourth-order valence-corrected chi connectivity index (χ4v) is 1.95. The smallest absolute Gasteiger partial charge is 0.317 e. The van der Waals surface area contributed by atoms with Crippen LogP contribution < -0.4 is 0 Å². The highest BCUT2D eigenvalue weighted by atomic mass is 16.4. The first-order valence-electron chi connectivity index (χ1n) is 5.85. The van der Waals surface area contributed by atoms with Crippen molar-refractivity contribution in [2.75, 3.05) is 13.1 Å². The minimum Gasteiger partial charge on any atom is -0.508 e. The molecule has 0 aromatic heterocycles. The Morgan fingerprint density at radius 3 is 2.76 bits per heavy atom. The Balaban J connectivity index is 1.97. The molecule has 1 fully saturated rings. The van der Waals surface area contributed by atoms with Gasteiger partial charge in [0.25, 0.3) is 0 Å². The second kappa shape index (κ2) is 5.19. The first kappa shape index (κ1) is 11.9. The number of carboxylic acids is 1. The van der Waals surface area contributed by atoms with Gasteiger partial charge in [-0.1, -0.05) is 12.1 Å². The van der Waals surface area contributed by atoms with E-state index in [2.05, 4.69) is 0 Å². The molecule has 4 nitrogen and oxygen atoms in total. The summed E-state index contributed by atoms with van der Waals surface area (Å²) >= 11 is 0. The van der Waals surface area contributed by atoms with Crippen molar-refractivity contribution in [1.29, 1.82) is 0 Å². The van der Waals surface area contributed by atoms with Crippen molar-refractivity contribution < 1.29 is 15.0 Å². The molecular formula is C13H17NO3. The van der Waals surface area contributed by atoms with E-state index >= 15 is 0 Å². The molecule has 1 aliphatic carbocycles. The number of aromatic hydroxyl groups is 1. The lowest BCUT2D eigenvalue weighted by molar-refractivity contribution is -0.138. The minimum atomic E-state index is -0.800. The van der Waals surface area contributed by atoms with E-state index in [1.54, 1.807) is 18.2 Å². The molecule has 0 aliphatic heterocycles. The molecule has 0 bridgehead atoms. The summed E-state index contributed by atoms with van der Waals surface area (Å²) in [4.78, 5) is 12.7. The Hall–Kier alpha value is -1.55. The van der Waals surface area contributed by atoms with Gasteiger partial charge in [-0.3, -0.25) is 9.69 Å². The molecule has 2 rings (SSSR count). The van der Waals surface area contributed by atoms with E-state index in [1.165, 1.54) is 12.8 Å². The SMILES string of the molecule is O=C(O)CN(Cc1cccc(O)c1)CC1CC1. The molecular weight excluding hydrogens is 218 g/mol. The van der Waals surface area contributed by atoms with E-state index in [9.17, 15) is 9.90 Å². The molecule has 2 N–H and O–H groups in total.